The zero-order chi connectivity index (χ0) is 22.9. The Morgan fingerprint density at radius 3 is 2.39 bits per heavy atom. The van der Waals surface area contributed by atoms with E-state index in [4.69, 9.17) is 9.47 Å². The van der Waals surface area contributed by atoms with Crippen molar-refractivity contribution in [2.24, 2.45) is 0 Å². The van der Waals surface area contributed by atoms with Gasteiger partial charge in [-0.3, -0.25) is 9.10 Å². The number of amides is 1. The van der Waals surface area contributed by atoms with Crippen LogP contribution in [-0.2, 0) is 21.2 Å². The Morgan fingerprint density at radius 1 is 1.10 bits per heavy atom. The van der Waals surface area contributed by atoms with Gasteiger partial charge < -0.3 is 14.8 Å². The van der Waals surface area contributed by atoms with E-state index in [9.17, 15) is 13.2 Å². The molecule has 1 unspecified atom stereocenters. The molecule has 0 aliphatic heterocycles. The Kier molecular flexibility index (Phi) is 9.18. The number of carbonyl (C=O) groups excluding carboxylic acids is 1. The van der Waals surface area contributed by atoms with Crippen molar-refractivity contribution in [3.8, 4) is 11.5 Å². The molecule has 2 aromatic carbocycles. The lowest BCUT2D eigenvalue weighted by Crippen LogP contribution is -2.38. The predicted octanol–water partition coefficient (Wildman–Crippen LogP) is 3.39. The fourth-order valence-electron chi connectivity index (χ4n) is 3.02. The molecule has 0 bridgehead atoms. The Labute approximate surface area is 185 Å². The molecule has 0 spiro atoms. The molecule has 0 saturated carbocycles. The second-order valence-corrected chi connectivity index (χ2v) is 9.19. The normalized spacial score (nSPS) is 12.1. The Hall–Kier alpha value is -2.74. The van der Waals surface area contributed by atoms with Gasteiger partial charge in [0.25, 0.3) is 5.91 Å². The minimum atomic E-state index is -3.33. The summed E-state index contributed by atoms with van der Waals surface area (Å²) in [5.74, 6) is 1.23. The second kappa shape index (κ2) is 11.6. The number of hydrogen-bond donors (Lipinski definition) is 1. The van der Waals surface area contributed by atoms with E-state index in [1.807, 2.05) is 38.1 Å². The van der Waals surface area contributed by atoms with Crippen LogP contribution < -0.4 is 19.1 Å². The Morgan fingerprint density at radius 2 is 1.77 bits per heavy atom. The molecule has 1 amide bonds. The number of para-hydroxylation sites is 1. The summed E-state index contributed by atoms with van der Waals surface area (Å²) in [6.07, 6.45) is 2.64. The molecule has 0 aromatic heterocycles. The van der Waals surface area contributed by atoms with E-state index < -0.39 is 16.1 Å². The van der Waals surface area contributed by atoms with Crippen molar-refractivity contribution in [1.29, 1.82) is 0 Å². The van der Waals surface area contributed by atoms with Crippen molar-refractivity contribution in [1.82, 2.24) is 5.32 Å². The van der Waals surface area contributed by atoms with Crippen LogP contribution in [0.4, 0.5) is 5.69 Å². The van der Waals surface area contributed by atoms with Crippen molar-refractivity contribution in [3.63, 3.8) is 0 Å². The second-order valence-electron chi connectivity index (χ2n) is 7.17. The molecule has 2 rings (SSSR count). The van der Waals surface area contributed by atoms with Gasteiger partial charge in [-0.05, 0) is 62.1 Å². The minimum absolute atomic E-state index is 0.169. The first-order valence-electron chi connectivity index (χ1n) is 10.4. The molecule has 2 aromatic rings. The minimum Gasteiger partial charge on any atom is -0.494 e. The van der Waals surface area contributed by atoms with Gasteiger partial charge in [0.15, 0.2) is 6.10 Å². The first kappa shape index (κ1) is 24.5. The number of aryl methyl sites for hydroxylation is 1. The summed E-state index contributed by atoms with van der Waals surface area (Å²) in [5, 5.41) is 2.93. The zero-order valence-corrected chi connectivity index (χ0v) is 19.4. The summed E-state index contributed by atoms with van der Waals surface area (Å²) < 4.78 is 35.9. The number of carbonyl (C=O) groups is 1. The summed E-state index contributed by atoms with van der Waals surface area (Å²) in [4.78, 5) is 12.5. The average Bonchev–Trinajstić information content (AvgIpc) is 2.75. The number of benzene rings is 2. The lowest BCUT2D eigenvalue weighted by atomic mass is 10.1. The van der Waals surface area contributed by atoms with Gasteiger partial charge in [0, 0.05) is 13.6 Å². The van der Waals surface area contributed by atoms with Gasteiger partial charge in [-0.25, -0.2) is 8.42 Å². The highest BCUT2D eigenvalue weighted by Gasteiger charge is 2.18. The van der Waals surface area contributed by atoms with Crippen LogP contribution in [0.25, 0.3) is 0 Å². The van der Waals surface area contributed by atoms with Crippen molar-refractivity contribution in [3.05, 3.63) is 54.1 Å². The van der Waals surface area contributed by atoms with Crippen LogP contribution in [-0.4, -0.2) is 46.9 Å². The van der Waals surface area contributed by atoms with Crippen LogP contribution in [0.2, 0.25) is 0 Å². The maximum Gasteiger partial charge on any atom is 0.261 e. The lowest BCUT2D eigenvalue weighted by Gasteiger charge is -2.19. The molecule has 170 valence electrons. The highest BCUT2D eigenvalue weighted by atomic mass is 32.2. The summed E-state index contributed by atoms with van der Waals surface area (Å²) in [5.41, 5.74) is 1.65. The first-order chi connectivity index (χ1) is 14.8. The smallest absolute Gasteiger partial charge is 0.261 e. The molecule has 1 N–H and O–H groups in total. The number of nitrogens with one attached hydrogen (secondary N) is 1. The van der Waals surface area contributed by atoms with E-state index in [0.717, 1.165) is 30.4 Å². The van der Waals surface area contributed by atoms with Crippen LogP contribution in [0.5, 0.6) is 11.5 Å². The number of anilines is 1. The van der Waals surface area contributed by atoms with Crippen LogP contribution in [0, 0.1) is 0 Å². The van der Waals surface area contributed by atoms with Crippen molar-refractivity contribution in [2.45, 2.75) is 39.2 Å². The maximum atomic E-state index is 12.5. The van der Waals surface area contributed by atoms with Gasteiger partial charge in [0.2, 0.25) is 10.0 Å². The SMILES string of the molecule is CCOc1ccccc1CCCNC(=O)C(CC)Oc1ccc(N(C)S(C)(=O)=O)cc1. The molecule has 0 radical (unpaired) electrons. The van der Waals surface area contributed by atoms with Crippen LogP contribution in [0.3, 0.4) is 0 Å². The maximum absolute atomic E-state index is 12.5. The quantitative estimate of drug-likeness (QED) is 0.503. The molecule has 1 atom stereocenters. The van der Waals surface area contributed by atoms with E-state index in [1.165, 1.54) is 11.4 Å². The molecule has 0 heterocycles. The highest BCUT2D eigenvalue weighted by molar-refractivity contribution is 7.92. The summed E-state index contributed by atoms with van der Waals surface area (Å²) in [7, 11) is -1.84. The molecule has 0 saturated heterocycles. The number of hydrogen-bond acceptors (Lipinski definition) is 5. The fourth-order valence-corrected chi connectivity index (χ4v) is 3.53. The van der Waals surface area contributed by atoms with Crippen LogP contribution in [0.15, 0.2) is 48.5 Å². The largest absolute Gasteiger partial charge is 0.494 e. The number of nitrogens with zero attached hydrogens (tertiary/aromatic N) is 1. The fraction of sp³-hybridized carbons (Fsp3) is 0.435. The predicted molar refractivity (Wildman–Crippen MR) is 123 cm³/mol. The monoisotopic (exact) mass is 448 g/mol. The molecule has 8 heteroatoms. The first-order valence-corrected chi connectivity index (χ1v) is 12.3. The van der Waals surface area contributed by atoms with E-state index in [-0.39, 0.29) is 5.91 Å². The molecule has 0 fully saturated rings. The van der Waals surface area contributed by atoms with E-state index in [0.29, 0.717) is 31.0 Å². The van der Waals surface area contributed by atoms with Crippen molar-refractivity contribution < 1.29 is 22.7 Å². The Bertz CT molecular complexity index is 945. The van der Waals surface area contributed by atoms with Crippen LogP contribution >= 0.6 is 0 Å². The summed E-state index contributed by atoms with van der Waals surface area (Å²) in [6.45, 7) is 5.00. The molecule has 7 nitrogen and oxygen atoms in total. The number of rotatable bonds is 12. The molecular formula is C23H32N2O5S. The standard InChI is InChI=1S/C23H32N2O5S/c1-5-21(30-20-15-13-19(14-16-20)25(3)31(4,27)28)23(26)24-17-9-11-18-10-7-8-12-22(18)29-6-2/h7-8,10,12-16,21H,5-6,9,11,17H2,1-4H3,(H,24,26). The highest BCUT2D eigenvalue weighted by Crippen LogP contribution is 2.22. The van der Waals surface area contributed by atoms with E-state index in [1.54, 1.807) is 24.3 Å². The molecular weight excluding hydrogens is 416 g/mol. The van der Waals surface area contributed by atoms with Crippen molar-refractivity contribution in [2.75, 3.05) is 30.8 Å². The summed E-state index contributed by atoms with van der Waals surface area (Å²) in [6, 6.07) is 14.6. The average molecular weight is 449 g/mol. The van der Waals surface area contributed by atoms with Crippen LogP contribution in [0.1, 0.15) is 32.3 Å². The van der Waals surface area contributed by atoms with Gasteiger partial charge in [0.1, 0.15) is 11.5 Å². The Balaban J connectivity index is 1.85. The third-order valence-corrected chi connectivity index (χ3v) is 6.04. The number of ether oxygens (including phenoxy) is 2. The molecule has 0 aliphatic carbocycles. The third-order valence-electron chi connectivity index (χ3n) is 4.83. The van der Waals surface area contributed by atoms with Gasteiger partial charge in [-0.1, -0.05) is 25.1 Å². The molecule has 0 aliphatic rings. The van der Waals surface area contributed by atoms with Gasteiger partial charge in [-0.15, -0.1) is 0 Å². The number of sulfonamides is 1. The third kappa shape index (κ3) is 7.47. The lowest BCUT2D eigenvalue weighted by molar-refractivity contribution is -0.128. The van der Waals surface area contributed by atoms with E-state index in [2.05, 4.69) is 5.32 Å². The van der Waals surface area contributed by atoms with Gasteiger partial charge >= 0.3 is 0 Å². The van der Waals surface area contributed by atoms with E-state index >= 15 is 0 Å². The zero-order valence-electron chi connectivity index (χ0n) is 18.6. The summed E-state index contributed by atoms with van der Waals surface area (Å²) >= 11 is 0. The van der Waals surface area contributed by atoms with Gasteiger partial charge in [0.05, 0.1) is 18.6 Å². The molecule has 31 heavy (non-hydrogen) atoms. The topological polar surface area (TPSA) is 84.9 Å². The van der Waals surface area contributed by atoms with Gasteiger partial charge in [-0.2, -0.15) is 0 Å². The van der Waals surface area contributed by atoms with Crippen molar-refractivity contribution >= 4 is 21.6 Å².